The maximum Gasteiger partial charge on any atom is 0.255 e. The van der Waals surface area contributed by atoms with Gasteiger partial charge in [0.2, 0.25) is 0 Å². The summed E-state index contributed by atoms with van der Waals surface area (Å²) in [6, 6.07) is 18.1. The molecule has 0 bridgehead atoms. The monoisotopic (exact) mass is 387 g/mol. The minimum Gasteiger partial charge on any atom is -0.369 e. The molecule has 6 nitrogen and oxygen atoms in total. The molecule has 0 N–H and O–H groups in total. The molecule has 0 unspecified atom stereocenters. The number of carbonyl (C=O) groups is 1. The Morgan fingerprint density at radius 3 is 2.48 bits per heavy atom. The van der Waals surface area contributed by atoms with Crippen molar-refractivity contribution >= 4 is 17.4 Å². The lowest BCUT2D eigenvalue weighted by Crippen LogP contribution is -2.49. The molecule has 0 atom stereocenters. The second-order valence-corrected chi connectivity index (χ2v) is 7.24. The van der Waals surface area contributed by atoms with Crippen LogP contribution in [0.2, 0.25) is 0 Å². The minimum atomic E-state index is 0.0353. The summed E-state index contributed by atoms with van der Waals surface area (Å²) in [5.41, 5.74) is 2.79. The third-order valence-electron chi connectivity index (χ3n) is 5.21. The Labute approximate surface area is 171 Å². The molecule has 1 fully saturated rings. The second kappa shape index (κ2) is 8.73. The molecule has 148 valence electrons. The quantitative estimate of drug-likeness (QED) is 0.673. The van der Waals surface area contributed by atoms with Crippen LogP contribution in [0.5, 0.6) is 0 Å². The topological polar surface area (TPSA) is 52.6 Å². The van der Waals surface area contributed by atoms with Crippen molar-refractivity contribution in [1.29, 1.82) is 0 Å². The molecule has 1 aliphatic heterocycles. The number of hydrogen-bond acceptors (Lipinski definition) is 5. The zero-order valence-corrected chi connectivity index (χ0v) is 16.6. The third kappa shape index (κ3) is 4.54. The van der Waals surface area contributed by atoms with Gasteiger partial charge in [-0.3, -0.25) is 9.78 Å². The van der Waals surface area contributed by atoms with Gasteiger partial charge in [0.15, 0.2) is 0 Å². The van der Waals surface area contributed by atoms with Crippen LogP contribution in [0.3, 0.4) is 0 Å². The summed E-state index contributed by atoms with van der Waals surface area (Å²) < 4.78 is 0. The smallest absolute Gasteiger partial charge is 0.255 e. The van der Waals surface area contributed by atoms with Crippen LogP contribution in [-0.2, 0) is 6.54 Å². The summed E-state index contributed by atoms with van der Waals surface area (Å²) >= 11 is 0. The van der Waals surface area contributed by atoms with E-state index in [0.29, 0.717) is 18.7 Å². The summed E-state index contributed by atoms with van der Waals surface area (Å²) in [6.07, 6.45) is 5.27. The fourth-order valence-electron chi connectivity index (χ4n) is 3.56. The first kappa shape index (κ1) is 18.9. The number of rotatable bonds is 5. The number of nitrogens with zero attached hydrogens (tertiary/aromatic N) is 5. The summed E-state index contributed by atoms with van der Waals surface area (Å²) in [7, 11) is 2.02. The Morgan fingerprint density at radius 1 is 1.00 bits per heavy atom. The predicted molar refractivity (Wildman–Crippen MR) is 115 cm³/mol. The van der Waals surface area contributed by atoms with Crippen molar-refractivity contribution in [3.05, 3.63) is 84.3 Å². The van der Waals surface area contributed by atoms with E-state index in [2.05, 4.69) is 31.9 Å². The molecule has 4 rings (SSSR count). The largest absolute Gasteiger partial charge is 0.369 e. The number of pyridine rings is 2. The van der Waals surface area contributed by atoms with E-state index >= 15 is 0 Å². The molecule has 1 saturated heterocycles. The van der Waals surface area contributed by atoms with E-state index in [9.17, 15) is 4.79 Å². The van der Waals surface area contributed by atoms with E-state index in [1.54, 1.807) is 18.6 Å². The van der Waals surface area contributed by atoms with Gasteiger partial charge in [0.05, 0.1) is 17.4 Å². The van der Waals surface area contributed by atoms with Crippen molar-refractivity contribution < 1.29 is 4.79 Å². The van der Waals surface area contributed by atoms with E-state index in [4.69, 9.17) is 0 Å². The number of anilines is 2. The van der Waals surface area contributed by atoms with Crippen molar-refractivity contribution in [1.82, 2.24) is 14.9 Å². The van der Waals surface area contributed by atoms with Gasteiger partial charge in [-0.05, 0) is 23.8 Å². The highest BCUT2D eigenvalue weighted by atomic mass is 16.2. The molecule has 0 radical (unpaired) electrons. The molecular formula is C23H25N5O. The highest BCUT2D eigenvalue weighted by Gasteiger charge is 2.23. The minimum absolute atomic E-state index is 0.0353. The Hall–Kier alpha value is -3.41. The first-order valence-electron chi connectivity index (χ1n) is 9.86. The number of piperazine rings is 1. The molecule has 1 aliphatic rings. The molecule has 0 aliphatic carbocycles. The van der Waals surface area contributed by atoms with Crippen LogP contribution in [0.15, 0.2) is 73.2 Å². The summed E-state index contributed by atoms with van der Waals surface area (Å²) in [5, 5.41) is 0. The van der Waals surface area contributed by atoms with Gasteiger partial charge in [-0.1, -0.05) is 36.4 Å². The molecule has 1 amide bonds. The van der Waals surface area contributed by atoms with E-state index in [1.807, 2.05) is 54.4 Å². The average molecular weight is 387 g/mol. The van der Waals surface area contributed by atoms with Gasteiger partial charge in [-0.2, -0.15) is 0 Å². The van der Waals surface area contributed by atoms with E-state index in [0.717, 1.165) is 31.1 Å². The van der Waals surface area contributed by atoms with Crippen molar-refractivity contribution in [2.24, 2.45) is 0 Å². The Morgan fingerprint density at radius 2 is 1.76 bits per heavy atom. The normalized spacial score (nSPS) is 14.0. The molecule has 3 aromatic rings. The van der Waals surface area contributed by atoms with Crippen LogP contribution in [-0.4, -0.2) is 54.0 Å². The summed E-state index contributed by atoms with van der Waals surface area (Å²) in [4.78, 5) is 28.0. The fraction of sp³-hybridized carbons (Fsp3) is 0.261. The van der Waals surface area contributed by atoms with Crippen LogP contribution < -0.4 is 9.80 Å². The van der Waals surface area contributed by atoms with E-state index < -0.39 is 0 Å². The van der Waals surface area contributed by atoms with Crippen molar-refractivity contribution in [3.8, 4) is 0 Å². The Bertz CT molecular complexity index is 940. The number of carbonyl (C=O) groups excluding carboxylic acids is 1. The molecule has 0 saturated carbocycles. The van der Waals surface area contributed by atoms with Gasteiger partial charge in [0.1, 0.15) is 5.82 Å². The lowest BCUT2D eigenvalue weighted by atomic mass is 10.2. The Balaban J connectivity index is 1.40. The number of aromatic nitrogens is 2. The predicted octanol–water partition coefficient (Wildman–Crippen LogP) is 3.08. The Kier molecular flexibility index (Phi) is 5.70. The van der Waals surface area contributed by atoms with E-state index in [-0.39, 0.29) is 5.91 Å². The van der Waals surface area contributed by atoms with Crippen LogP contribution in [0, 0.1) is 0 Å². The maximum absolute atomic E-state index is 13.0. The third-order valence-corrected chi connectivity index (χ3v) is 5.21. The molecule has 3 heterocycles. The first-order chi connectivity index (χ1) is 14.2. The van der Waals surface area contributed by atoms with Gasteiger partial charge >= 0.3 is 0 Å². The molecule has 29 heavy (non-hydrogen) atoms. The molecule has 1 aromatic carbocycles. The summed E-state index contributed by atoms with van der Waals surface area (Å²) in [6.45, 7) is 3.69. The molecular weight excluding hydrogens is 362 g/mol. The SMILES string of the molecule is CN(Cc1ccccc1)c1cncc(C(=O)N2CCN(c3ccccn3)CC2)c1. The number of hydrogen-bond donors (Lipinski definition) is 0. The first-order valence-corrected chi connectivity index (χ1v) is 9.86. The molecule has 0 spiro atoms. The zero-order chi connectivity index (χ0) is 20.1. The average Bonchev–Trinajstić information content (AvgIpc) is 2.80. The van der Waals surface area contributed by atoms with Crippen molar-refractivity contribution in [3.63, 3.8) is 0 Å². The highest BCUT2D eigenvalue weighted by molar-refractivity contribution is 5.95. The lowest BCUT2D eigenvalue weighted by Gasteiger charge is -2.35. The molecule has 2 aromatic heterocycles. The summed E-state index contributed by atoms with van der Waals surface area (Å²) in [5.74, 6) is 0.999. The molecule has 6 heteroatoms. The van der Waals surface area contributed by atoms with Crippen molar-refractivity contribution in [2.75, 3.05) is 43.0 Å². The fourth-order valence-corrected chi connectivity index (χ4v) is 3.56. The highest BCUT2D eigenvalue weighted by Crippen LogP contribution is 2.19. The van der Waals surface area contributed by atoms with Gasteiger partial charge in [0.25, 0.3) is 5.91 Å². The maximum atomic E-state index is 13.0. The number of amides is 1. The van der Waals surface area contributed by atoms with Gasteiger partial charge in [-0.25, -0.2) is 4.98 Å². The zero-order valence-electron chi connectivity index (χ0n) is 16.6. The van der Waals surface area contributed by atoms with E-state index in [1.165, 1.54) is 5.56 Å². The van der Waals surface area contributed by atoms with Crippen LogP contribution in [0.1, 0.15) is 15.9 Å². The van der Waals surface area contributed by atoms with Gasteiger partial charge < -0.3 is 14.7 Å². The van der Waals surface area contributed by atoms with Crippen LogP contribution in [0.25, 0.3) is 0 Å². The standard InChI is InChI=1S/C23H25N5O/c1-26(18-19-7-3-2-4-8-19)21-15-20(16-24-17-21)23(29)28-13-11-27(12-14-28)22-9-5-6-10-25-22/h2-10,15-17H,11-14,18H2,1H3. The van der Waals surface area contributed by atoms with Gasteiger partial charge in [0, 0.05) is 52.2 Å². The van der Waals surface area contributed by atoms with Gasteiger partial charge in [-0.15, -0.1) is 0 Å². The van der Waals surface area contributed by atoms with Crippen LogP contribution in [0.4, 0.5) is 11.5 Å². The lowest BCUT2D eigenvalue weighted by molar-refractivity contribution is 0.0746. The van der Waals surface area contributed by atoms with Crippen molar-refractivity contribution in [2.45, 2.75) is 6.54 Å². The second-order valence-electron chi connectivity index (χ2n) is 7.24. The number of benzene rings is 1. The van der Waals surface area contributed by atoms with Crippen LogP contribution >= 0.6 is 0 Å².